The molecule has 0 spiro atoms. The van der Waals surface area contributed by atoms with Gasteiger partial charge < -0.3 is 5.32 Å². The summed E-state index contributed by atoms with van der Waals surface area (Å²) in [6, 6.07) is 7.90. The third-order valence-electron chi connectivity index (χ3n) is 4.26. The number of hydrogen-bond donors (Lipinski definition) is 1. The van der Waals surface area contributed by atoms with Gasteiger partial charge in [-0.25, -0.2) is 0 Å². The highest BCUT2D eigenvalue weighted by Gasteiger charge is 2.17. The first-order chi connectivity index (χ1) is 9.19. The summed E-state index contributed by atoms with van der Waals surface area (Å²) < 4.78 is 0. The summed E-state index contributed by atoms with van der Waals surface area (Å²) in [6.45, 7) is 5.32. The van der Waals surface area contributed by atoms with Gasteiger partial charge in [0.1, 0.15) is 0 Å². The predicted octanol–water partition coefficient (Wildman–Crippen LogP) is 4.52. The molecule has 0 amide bonds. The molecule has 0 saturated heterocycles. The fourth-order valence-electron chi connectivity index (χ4n) is 2.77. The van der Waals surface area contributed by atoms with E-state index >= 15 is 0 Å². The number of carbonyl (C=O) groups excluding carboxylic acids is 1. The van der Waals surface area contributed by atoms with Crippen LogP contribution in [0.4, 0.5) is 5.69 Å². The van der Waals surface area contributed by atoms with Gasteiger partial charge in [-0.3, -0.25) is 4.79 Å². The molecule has 0 radical (unpaired) electrons. The van der Waals surface area contributed by atoms with E-state index in [1.54, 1.807) is 0 Å². The number of hydrogen-bond acceptors (Lipinski definition) is 2. The lowest BCUT2D eigenvalue weighted by Gasteiger charge is -2.26. The third kappa shape index (κ3) is 4.09. The Labute approximate surface area is 116 Å². The summed E-state index contributed by atoms with van der Waals surface area (Å²) >= 11 is 0. The molecule has 1 aliphatic carbocycles. The van der Waals surface area contributed by atoms with E-state index < -0.39 is 0 Å². The smallest absolute Gasteiger partial charge is 0.162 e. The van der Waals surface area contributed by atoms with Crippen LogP contribution in [0.3, 0.4) is 0 Å². The van der Waals surface area contributed by atoms with Crippen molar-refractivity contribution in [1.29, 1.82) is 0 Å². The van der Waals surface area contributed by atoms with Gasteiger partial charge in [0.15, 0.2) is 5.78 Å². The Kier molecular flexibility index (Phi) is 5.00. The second kappa shape index (κ2) is 6.74. The molecule has 1 aromatic rings. The molecule has 0 heterocycles. The molecule has 1 aromatic carbocycles. The minimum atomic E-state index is 0.216. The summed E-state index contributed by atoms with van der Waals surface area (Å²) in [5.41, 5.74) is 1.95. The molecule has 1 N–H and O–H groups in total. The van der Waals surface area contributed by atoms with Gasteiger partial charge in [0, 0.05) is 24.2 Å². The van der Waals surface area contributed by atoms with Crippen molar-refractivity contribution in [3.8, 4) is 0 Å². The van der Waals surface area contributed by atoms with Gasteiger partial charge >= 0.3 is 0 Å². The highest BCUT2D eigenvalue weighted by molar-refractivity contribution is 5.96. The molecule has 0 aliphatic heterocycles. The Morgan fingerprint density at radius 3 is 2.37 bits per heavy atom. The molecule has 19 heavy (non-hydrogen) atoms. The fourth-order valence-corrected chi connectivity index (χ4v) is 2.77. The largest absolute Gasteiger partial charge is 0.385 e. The van der Waals surface area contributed by atoms with Gasteiger partial charge in [-0.15, -0.1) is 0 Å². The maximum absolute atomic E-state index is 11.5. The summed E-state index contributed by atoms with van der Waals surface area (Å²) in [5, 5.41) is 3.50. The highest BCUT2D eigenvalue weighted by atomic mass is 16.1. The van der Waals surface area contributed by atoms with Crippen LogP contribution in [0.2, 0.25) is 0 Å². The molecule has 0 bridgehead atoms. The number of rotatable bonds is 5. The fraction of sp³-hybridized carbons (Fsp3) is 0.588. The average molecular weight is 259 g/mol. The molecule has 2 heteroatoms. The lowest BCUT2D eigenvalue weighted by molar-refractivity contribution is 0.0988. The van der Waals surface area contributed by atoms with E-state index in [1.165, 1.54) is 25.7 Å². The quantitative estimate of drug-likeness (QED) is 0.788. The first kappa shape index (κ1) is 14.1. The van der Waals surface area contributed by atoms with Crippen LogP contribution in [-0.4, -0.2) is 12.3 Å². The molecular formula is C17H25NO. The van der Waals surface area contributed by atoms with E-state index in [4.69, 9.17) is 0 Å². The van der Waals surface area contributed by atoms with Crippen LogP contribution in [0.1, 0.15) is 56.3 Å². The number of benzene rings is 1. The Hall–Kier alpha value is -1.31. The van der Waals surface area contributed by atoms with Crippen molar-refractivity contribution in [2.24, 2.45) is 11.8 Å². The number of nitrogens with one attached hydrogen (secondary N) is 1. The molecule has 104 valence electrons. The van der Waals surface area contributed by atoms with Crippen LogP contribution in [0.15, 0.2) is 24.3 Å². The Bertz CT molecular complexity index is 402. The first-order valence-electron chi connectivity index (χ1n) is 7.56. The Morgan fingerprint density at radius 2 is 1.79 bits per heavy atom. The van der Waals surface area contributed by atoms with Crippen molar-refractivity contribution >= 4 is 11.5 Å². The molecule has 2 nitrogen and oxygen atoms in total. The third-order valence-corrected chi connectivity index (χ3v) is 4.26. The van der Waals surface area contributed by atoms with E-state index in [-0.39, 0.29) is 5.78 Å². The van der Waals surface area contributed by atoms with Crippen LogP contribution in [0.25, 0.3) is 0 Å². The van der Waals surface area contributed by atoms with Gasteiger partial charge in [0.25, 0.3) is 0 Å². The van der Waals surface area contributed by atoms with Crippen molar-refractivity contribution in [3.63, 3.8) is 0 Å². The zero-order chi connectivity index (χ0) is 13.7. The second-order valence-electron chi connectivity index (χ2n) is 5.86. The van der Waals surface area contributed by atoms with Crippen LogP contribution in [-0.2, 0) is 0 Å². The zero-order valence-corrected chi connectivity index (χ0v) is 12.1. The van der Waals surface area contributed by atoms with Gasteiger partial charge in [0.2, 0.25) is 0 Å². The Morgan fingerprint density at radius 1 is 1.16 bits per heavy atom. The van der Waals surface area contributed by atoms with Crippen LogP contribution >= 0.6 is 0 Å². The van der Waals surface area contributed by atoms with E-state index in [0.29, 0.717) is 6.42 Å². The standard InChI is InChI=1S/C17H25NO/c1-3-17(19)15-8-10-16(11-9-15)18-12-14-6-4-13(2)5-7-14/h8-11,13-14,18H,3-7,12H2,1-2H3. The van der Waals surface area contributed by atoms with Crippen molar-refractivity contribution < 1.29 is 4.79 Å². The number of Topliss-reactive ketones (excluding diaryl/α,β-unsaturated/α-hetero) is 1. The van der Waals surface area contributed by atoms with Gasteiger partial charge in [-0.2, -0.15) is 0 Å². The summed E-state index contributed by atoms with van der Waals surface area (Å²) in [6.07, 6.45) is 6.01. The van der Waals surface area contributed by atoms with Gasteiger partial charge in [-0.1, -0.05) is 26.7 Å². The molecule has 0 aromatic heterocycles. The number of anilines is 1. The first-order valence-corrected chi connectivity index (χ1v) is 7.56. The topological polar surface area (TPSA) is 29.1 Å². The normalized spacial score (nSPS) is 23.1. The minimum absolute atomic E-state index is 0.216. The van der Waals surface area contributed by atoms with Gasteiger partial charge in [0.05, 0.1) is 0 Å². The summed E-state index contributed by atoms with van der Waals surface area (Å²) in [4.78, 5) is 11.5. The molecule has 2 rings (SSSR count). The van der Waals surface area contributed by atoms with Crippen LogP contribution in [0.5, 0.6) is 0 Å². The molecule has 1 fully saturated rings. The SMILES string of the molecule is CCC(=O)c1ccc(NCC2CCC(C)CC2)cc1. The molecule has 0 unspecified atom stereocenters. The maximum atomic E-state index is 11.5. The van der Waals surface area contributed by atoms with Crippen LogP contribution < -0.4 is 5.32 Å². The monoisotopic (exact) mass is 259 g/mol. The maximum Gasteiger partial charge on any atom is 0.162 e. The molecule has 1 saturated carbocycles. The summed E-state index contributed by atoms with van der Waals surface area (Å²) in [5.74, 6) is 1.94. The van der Waals surface area contributed by atoms with Crippen molar-refractivity contribution in [2.75, 3.05) is 11.9 Å². The van der Waals surface area contributed by atoms with E-state index in [9.17, 15) is 4.79 Å². The van der Waals surface area contributed by atoms with Crippen LogP contribution in [0, 0.1) is 11.8 Å². The minimum Gasteiger partial charge on any atom is -0.385 e. The molecule has 0 atom stereocenters. The molecule has 1 aliphatic rings. The zero-order valence-electron chi connectivity index (χ0n) is 12.1. The summed E-state index contributed by atoms with van der Waals surface area (Å²) in [7, 11) is 0. The van der Waals surface area contributed by atoms with Gasteiger partial charge in [-0.05, 0) is 48.9 Å². The van der Waals surface area contributed by atoms with E-state index in [0.717, 1.165) is 29.6 Å². The predicted molar refractivity (Wildman–Crippen MR) is 80.7 cm³/mol. The average Bonchev–Trinajstić information content (AvgIpc) is 2.46. The second-order valence-corrected chi connectivity index (χ2v) is 5.86. The lowest BCUT2D eigenvalue weighted by atomic mass is 9.83. The van der Waals surface area contributed by atoms with E-state index in [1.807, 2.05) is 31.2 Å². The molecular weight excluding hydrogens is 234 g/mol. The highest BCUT2D eigenvalue weighted by Crippen LogP contribution is 2.28. The number of ketones is 1. The lowest BCUT2D eigenvalue weighted by Crippen LogP contribution is -2.20. The number of carbonyl (C=O) groups is 1. The van der Waals surface area contributed by atoms with Crippen molar-refractivity contribution in [1.82, 2.24) is 0 Å². The van der Waals surface area contributed by atoms with Crippen molar-refractivity contribution in [2.45, 2.75) is 46.0 Å². The van der Waals surface area contributed by atoms with E-state index in [2.05, 4.69) is 12.2 Å². The Balaban J connectivity index is 1.81. The van der Waals surface area contributed by atoms with Crippen molar-refractivity contribution in [3.05, 3.63) is 29.8 Å².